The molecule has 0 saturated carbocycles. The molecule has 0 bridgehead atoms. The Morgan fingerprint density at radius 1 is 1.38 bits per heavy atom. The summed E-state index contributed by atoms with van der Waals surface area (Å²) in [5, 5.41) is 10.8. The number of aliphatic hydroxyl groups is 1. The van der Waals surface area contributed by atoms with Crippen molar-refractivity contribution >= 4 is 5.91 Å². The van der Waals surface area contributed by atoms with Crippen LogP contribution >= 0.6 is 0 Å². The van der Waals surface area contributed by atoms with Gasteiger partial charge in [-0.1, -0.05) is 6.92 Å². The molecule has 0 saturated heterocycles. The molecule has 0 aromatic heterocycles. The van der Waals surface area contributed by atoms with Gasteiger partial charge in [0.05, 0.1) is 6.61 Å². The number of benzene rings is 1. The quantitative estimate of drug-likeness (QED) is 0.816. The SMILES string of the molecule is CCc1c(F)cc(C(=O)NCCO)cc1F. The molecule has 16 heavy (non-hydrogen) atoms. The van der Waals surface area contributed by atoms with Crippen LogP contribution < -0.4 is 5.32 Å². The van der Waals surface area contributed by atoms with E-state index in [1.807, 2.05) is 0 Å². The van der Waals surface area contributed by atoms with Crippen molar-refractivity contribution in [1.82, 2.24) is 5.32 Å². The number of carbonyl (C=O) groups excluding carboxylic acids is 1. The van der Waals surface area contributed by atoms with Crippen LogP contribution in [0.25, 0.3) is 0 Å². The number of halogens is 2. The molecule has 1 aromatic carbocycles. The Kier molecular flexibility index (Phi) is 4.37. The van der Waals surface area contributed by atoms with Crippen molar-refractivity contribution < 1.29 is 18.7 Å². The molecule has 0 heterocycles. The van der Waals surface area contributed by atoms with Crippen molar-refractivity contribution in [2.75, 3.05) is 13.2 Å². The van der Waals surface area contributed by atoms with Crippen molar-refractivity contribution in [2.24, 2.45) is 0 Å². The minimum Gasteiger partial charge on any atom is -0.395 e. The third-order valence-electron chi connectivity index (χ3n) is 2.15. The molecule has 0 spiro atoms. The van der Waals surface area contributed by atoms with E-state index in [4.69, 9.17) is 5.11 Å². The Morgan fingerprint density at radius 3 is 2.38 bits per heavy atom. The van der Waals surface area contributed by atoms with Gasteiger partial charge in [0.25, 0.3) is 5.91 Å². The molecule has 3 nitrogen and oxygen atoms in total. The van der Waals surface area contributed by atoms with E-state index >= 15 is 0 Å². The van der Waals surface area contributed by atoms with Gasteiger partial charge in [-0.3, -0.25) is 4.79 Å². The lowest BCUT2D eigenvalue weighted by atomic mass is 10.1. The first-order valence-corrected chi connectivity index (χ1v) is 4.97. The Bertz CT molecular complexity index is 371. The number of carbonyl (C=O) groups is 1. The molecule has 0 aliphatic rings. The van der Waals surface area contributed by atoms with Crippen LogP contribution in [0.3, 0.4) is 0 Å². The van der Waals surface area contributed by atoms with Gasteiger partial charge in [-0.15, -0.1) is 0 Å². The summed E-state index contributed by atoms with van der Waals surface area (Å²) in [6.45, 7) is 1.47. The van der Waals surface area contributed by atoms with E-state index in [9.17, 15) is 13.6 Å². The third-order valence-corrected chi connectivity index (χ3v) is 2.15. The normalized spacial score (nSPS) is 10.2. The average molecular weight is 229 g/mol. The van der Waals surface area contributed by atoms with Gasteiger partial charge in [-0.05, 0) is 18.6 Å². The fraction of sp³-hybridized carbons (Fsp3) is 0.364. The fourth-order valence-electron chi connectivity index (χ4n) is 1.34. The van der Waals surface area contributed by atoms with E-state index in [1.54, 1.807) is 6.92 Å². The Balaban J connectivity index is 2.95. The van der Waals surface area contributed by atoms with Gasteiger partial charge in [-0.25, -0.2) is 8.78 Å². The highest BCUT2D eigenvalue weighted by atomic mass is 19.1. The molecule has 1 rings (SSSR count). The van der Waals surface area contributed by atoms with Gasteiger partial charge in [0.15, 0.2) is 0 Å². The molecule has 2 N–H and O–H groups in total. The summed E-state index contributed by atoms with van der Waals surface area (Å²) in [6, 6.07) is 1.99. The zero-order chi connectivity index (χ0) is 12.1. The Morgan fingerprint density at radius 2 is 1.94 bits per heavy atom. The Hall–Kier alpha value is -1.49. The maximum atomic E-state index is 13.3. The number of amides is 1. The van der Waals surface area contributed by atoms with Crippen LogP contribution in [0.5, 0.6) is 0 Å². The van der Waals surface area contributed by atoms with E-state index in [0.29, 0.717) is 0 Å². The molecule has 0 atom stereocenters. The minimum atomic E-state index is -0.725. The molecule has 1 amide bonds. The zero-order valence-electron chi connectivity index (χ0n) is 8.89. The second-order valence-corrected chi connectivity index (χ2v) is 3.25. The van der Waals surface area contributed by atoms with Gasteiger partial charge in [0.2, 0.25) is 0 Å². The van der Waals surface area contributed by atoms with Crippen molar-refractivity contribution in [1.29, 1.82) is 0 Å². The fourth-order valence-corrected chi connectivity index (χ4v) is 1.34. The molecule has 0 unspecified atom stereocenters. The zero-order valence-corrected chi connectivity index (χ0v) is 8.89. The first kappa shape index (κ1) is 12.6. The van der Waals surface area contributed by atoms with Gasteiger partial charge in [0, 0.05) is 17.7 Å². The second-order valence-electron chi connectivity index (χ2n) is 3.25. The maximum Gasteiger partial charge on any atom is 0.251 e. The number of rotatable bonds is 4. The maximum absolute atomic E-state index is 13.3. The highest BCUT2D eigenvalue weighted by Crippen LogP contribution is 2.15. The molecule has 1 aromatic rings. The molecule has 0 aliphatic heterocycles. The summed E-state index contributed by atoms with van der Waals surface area (Å²) in [7, 11) is 0. The van der Waals surface area contributed by atoms with Gasteiger partial charge >= 0.3 is 0 Å². The van der Waals surface area contributed by atoms with Crippen LogP contribution in [0.2, 0.25) is 0 Å². The first-order chi connectivity index (χ1) is 7.60. The molecule has 88 valence electrons. The van der Waals surface area contributed by atoms with Gasteiger partial charge in [0.1, 0.15) is 11.6 Å². The third kappa shape index (κ3) is 2.76. The predicted molar refractivity (Wildman–Crippen MR) is 55.2 cm³/mol. The summed E-state index contributed by atoms with van der Waals surface area (Å²) in [5.74, 6) is -2.05. The van der Waals surface area contributed by atoms with Crippen LogP contribution in [0.4, 0.5) is 8.78 Å². The van der Waals surface area contributed by atoms with Crippen LogP contribution in [-0.4, -0.2) is 24.2 Å². The molecule has 5 heteroatoms. The summed E-state index contributed by atoms with van der Waals surface area (Å²) in [5.41, 5.74) is -0.112. The number of aliphatic hydroxyl groups excluding tert-OH is 1. The van der Waals surface area contributed by atoms with E-state index in [1.165, 1.54) is 0 Å². The van der Waals surface area contributed by atoms with Crippen LogP contribution in [-0.2, 0) is 6.42 Å². The molecule has 0 aliphatic carbocycles. The van der Waals surface area contributed by atoms with Crippen LogP contribution in [0.1, 0.15) is 22.8 Å². The summed E-state index contributed by atoms with van der Waals surface area (Å²) < 4.78 is 26.6. The Labute approximate surface area is 92.1 Å². The number of nitrogens with one attached hydrogen (secondary N) is 1. The standard InChI is InChI=1S/C11H13F2NO2/c1-2-8-9(12)5-7(6-10(8)13)11(16)14-3-4-15/h5-6,15H,2-4H2,1H3,(H,14,16). The lowest BCUT2D eigenvalue weighted by Crippen LogP contribution is -2.26. The summed E-state index contributed by atoms with van der Waals surface area (Å²) in [4.78, 5) is 11.4. The lowest BCUT2D eigenvalue weighted by Gasteiger charge is -2.06. The average Bonchev–Trinajstić information content (AvgIpc) is 2.25. The van der Waals surface area contributed by atoms with Gasteiger partial charge in [-0.2, -0.15) is 0 Å². The van der Waals surface area contributed by atoms with Crippen molar-refractivity contribution in [3.63, 3.8) is 0 Å². The lowest BCUT2D eigenvalue weighted by molar-refractivity contribution is 0.0944. The summed E-state index contributed by atoms with van der Waals surface area (Å²) >= 11 is 0. The number of hydrogen-bond acceptors (Lipinski definition) is 2. The highest BCUT2D eigenvalue weighted by molar-refractivity contribution is 5.94. The molecule has 0 radical (unpaired) electrons. The molecule has 0 fully saturated rings. The topological polar surface area (TPSA) is 49.3 Å². The van der Waals surface area contributed by atoms with E-state index < -0.39 is 17.5 Å². The monoisotopic (exact) mass is 229 g/mol. The van der Waals surface area contributed by atoms with Gasteiger partial charge < -0.3 is 10.4 Å². The largest absolute Gasteiger partial charge is 0.395 e. The first-order valence-electron chi connectivity index (χ1n) is 4.97. The predicted octanol–water partition coefficient (Wildman–Crippen LogP) is 1.25. The number of hydrogen-bond donors (Lipinski definition) is 2. The van der Waals surface area contributed by atoms with Crippen molar-refractivity contribution in [3.05, 3.63) is 34.9 Å². The molecular formula is C11H13F2NO2. The van der Waals surface area contributed by atoms with E-state index in [0.717, 1.165) is 12.1 Å². The van der Waals surface area contributed by atoms with E-state index in [-0.39, 0.29) is 30.7 Å². The second kappa shape index (κ2) is 5.55. The summed E-state index contributed by atoms with van der Waals surface area (Å²) in [6.07, 6.45) is 0.232. The van der Waals surface area contributed by atoms with Crippen LogP contribution in [0, 0.1) is 11.6 Å². The highest BCUT2D eigenvalue weighted by Gasteiger charge is 2.13. The smallest absolute Gasteiger partial charge is 0.251 e. The van der Waals surface area contributed by atoms with Crippen molar-refractivity contribution in [2.45, 2.75) is 13.3 Å². The molecular weight excluding hydrogens is 216 g/mol. The van der Waals surface area contributed by atoms with Crippen molar-refractivity contribution in [3.8, 4) is 0 Å². The van der Waals surface area contributed by atoms with E-state index in [2.05, 4.69) is 5.32 Å². The minimum absolute atomic E-state index is 0.0290. The van der Waals surface area contributed by atoms with Crippen LogP contribution in [0.15, 0.2) is 12.1 Å².